The average Bonchev–Trinajstić information content (AvgIpc) is 2.30. The largest absolute Gasteiger partial charge is 0.322 e. The molecule has 0 aliphatic carbocycles. The van der Waals surface area contributed by atoms with Crippen LogP contribution in [-0.2, 0) is 5.41 Å². The van der Waals surface area contributed by atoms with E-state index >= 15 is 0 Å². The van der Waals surface area contributed by atoms with E-state index in [-0.39, 0.29) is 11.5 Å². The quantitative estimate of drug-likeness (QED) is 0.728. The lowest BCUT2D eigenvalue weighted by molar-refractivity contribution is 0.569. The van der Waals surface area contributed by atoms with Gasteiger partial charge in [0, 0.05) is 10.8 Å². The van der Waals surface area contributed by atoms with Crippen molar-refractivity contribution in [3.63, 3.8) is 0 Å². The van der Waals surface area contributed by atoms with Crippen LogP contribution >= 0.6 is 11.3 Å². The molecule has 0 bridgehead atoms. The van der Waals surface area contributed by atoms with Crippen molar-refractivity contribution in [1.29, 1.82) is 0 Å². The number of thiazole rings is 1. The summed E-state index contributed by atoms with van der Waals surface area (Å²) < 4.78 is 0. The molecule has 68 valence electrons. The number of aromatic nitrogens is 1. The monoisotopic (exact) mass is 184 g/mol. The molecule has 1 rings (SSSR count). The molecule has 0 amide bonds. The molecule has 2 nitrogen and oxygen atoms in total. The highest BCUT2D eigenvalue weighted by molar-refractivity contribution is 7.09. The second kappa shape index (κ2) is 3.15. The highest BCUT2D eigenvalue weighted by Gasteiger charge is 2.18. The number of nitrogens with two attached hydrogens (primary N) is 1. The molecule has 0 saturated carbocycles. The first kappa shape index (κ1) is 9.68. The van der Waals surface area contributed by atoms with Gasteiger partial charge in [-0.1, -0.05) is 20.8 Å². The van der Waals surface area contributed by atoms with Crippen molar-refractivity contribution in [2.45, 2.75) is 39.2 Å². The molecule has 1 atom stereocenters. The molecular weight excluding hydrogens is 168 g/mol. The third-order valence-corrected chi connectivity index (χ3v) is 2.73. The zero-order chi connectivity index (χ0) is 9.35. The maximum Gasteiger partial charge on any atom is 0.109 e. The summed E-state index contributed by atoms with van der Waals surface area (Å²) in [5.41, 5.74) is 7.00. The van der Waals surface area contributed by atoms with E-state index < -0.39 is 0 Å². The summed E-state index contributed by atoms with van der Waals surface area (Å²) in [5.74, 6) is 0. The van der Waals surface area contributed by atoms with E-state index in [0.717, 1.165) is 10.7 Å². The van der Waals surface area contributed by atoms with E-state index in [0.29, 0.717) is 0 Å². The highest BCUT2D eigenvalue weighted by atomic mass is 32.1. The molecule has 3 heteroatoms. The van der Waals surface area contributed by atoms with E-state index in [2.05, 4.69) is 31.1 Å². The van der Waals surface area contributed by atoms with E-state index in [1.807, 2.05) is 6.92 Å². The predicted molar refractivity (Wildman–Crippen MR) is 53.4 cm³/mol. The lowest BCUT2D eigenvalue weighted by Gasteiger charge is -2.14. The zero-order valence-corrected chi connectivity index (χ0v) is 8.90. The van der Waals surface area contributed by atoms with Crippen LogP contribution in [-0.4, -0.2) is 4.98 Å². The molecule has 1 aromatic heterocycles. The Morgan fingerprint density at radius 1 is 1.50 bits per heavy atom. The van der Waals surface area contributed by atoms with Crippen molar-refractivity contribution in [2.75, 3.05) is 0 Å². The van der Waals surface area contributed by atoms with Crippen LogP contribution in [0, 0.1) is 0 Å². The van der Waals surface area contributed by atoms with Crippen molar-refractivity contribution < 1.29 is 0 Å². The summed E-state index contributed by atoms with van der Waals surface area (Å²) in [4.78, 5) is 4.47. The molecule has 1 heterocycles. The van der Waals surface area contributed by atoms with Gasteiger partial charge in [0.15, 0.2) is 0 Å². The first-order chi connectivity index (χ1) is 5.41. The van der Waals surface area contributed by atoms with Gasteiger partial charge in [0.05, 0.1) is 11.7 Å². The van der Waals surface area contributed by atoms with Crippen molar-refractivity contribution >= 4 is 11.3 Å². The molecule has 0 fully saturated rings. The summed E-state index contributed by atoms with van der Waals surface area (Å²) in [7, 11) is 0. The first-order valence-corrected chi connectivity index (χ1v) is 5.00. The Bertz CT molecular complexity index is 258. The van der Waals surface area contributed by atoms with E-state index in [1.165, 1.54) is 0 Å². The van der Waals surface area contributed by atoms with E-state index in [4.69, 9.17) is 5.73 Å². The van der Waals surface area contributed by atoms with Crippen LogP contribution in [0.15, 0.2) is 5.38 Å². The van der Waals surface area contributed by atoms with Gasteiger partial charge in [0.2, 0.25) is 0 Å². The fourth-order valence-electron chi connectivity index (χ4n) is 0.841. The first-order valence-electron chi connectivity index (χ1n) is 4.13. The summed E-state index contributed by atoms with van der Waals surface area (Å²) >= 11 is 1.65. The minimum absolute atomic E-state index is 0.0612. The maximum atomic E-state index is 5.72. The number of rotatable bonds is 1. The van der Waals surface area contributed by atoms with Crippen LogP contribution in [0.1, 0.15) is 44.4 Å². The van der Waals surface area contributed by atoms with Crippen LogP contribution in [0.25, 0.3) is 0 Å². The molecule has 0 unspecified atom stereocenters. The summed E-state index contributed by atoms with van der Waals surface area (Å²) in [5, 5.41) is 3.12. The standard InChI is InChI=1S/C9H16N2S/c1-6(10)8-11-7(5-12-8)9(2,3)4/h5-6H,10H2,1-4H3/t6-/m1/s1. The van der Waals surface area contributed by atoms with Gasteiger partial charge in [0.25, 0.3) is 0 Å². The average molecular weight is 184 g/mol. The third kappa shape index (κ3) is 2.05. The maximum absolute atomic E-state index is 5.72. The van der Waals surface area contributed by atoms with Gasteiger partial charge in [-0.15, -0.1) is 11.3 Å². The Kier molecular flexibility index (Phi) is 2.54. The van der Waals surface area contributed by atoms with Crippen LogP contribution < -0.4 is 5.73 Å². The molecule has 12 heavy (non-hydrogen) atoms. The van der Waals surface area contributed by atoms with E-state index in [9.17, 15) is 0 Å². The fourth-order valence-corrected chi connectivity index (χ4v) is 1.85. The van der Waals surface area contributed by atoms with Crippen LogP contribution in [0.2, 0.25) is 0 Å². The Labute approximate surface area is 77.8 Å². The molecular formula is C9H16N2S. The van der Waals surface area contributed by atoms with Gasteiger partial charge in [-0.2, -0.15) is 0 Å². The lowest BCUT2D eigenvalue weighted by Crippen LogP contribution is -2.12. The van der Waals surface area contributed by atoms with E-state index in [1.54, 1.807) is 11.3 Å². The Morgan fingerprint density at radius 2 is 2.08 bits per heavy atom. The molecule has 0 saturated heterocycles. The van der Waals surface area contributed by atoms with Gasteiger partial charge < -0.3 is 5.73 Å². The second-order valence-corrected chi connectivity index (χ2v) is 5.00. The van der Waals surface area contributed by atoms with Crippen molar-refractivity contribution in [3.05, 3.63) is 16.1 Å². The Morgan fingerprint density at radius 3 is 2.33 bits per heavy atom. The molecule has 0 aliphatic rings. The Balaban J connectivity index is 2.92. The summed E-state index contributed by atoms with van der Waals surface area (Å²) in [6, 6.07) is 0.0612. The SMILES string of the molecule is C[C@@H](N)c1nc(C(C)(C)C)cs1. The minimum atomic E-state index is 0.0612. The fraction of sp³-hybridized carbons (Fsp3) is 0.667. The van der Waals surface area contributed by atoms with Crippen LogP contribution in [0.5, 0.6) is 0 Å². The smallest absolute Gasteiger partial charge is 0.109 e. The normalized spacial score (nSPS) is 14.8. The zero-order valence-electron chi connectivity index (χ0n) is 8.09. The van der Waals surface area contributed by atoms with Gasteiger partial charge in [0.1, 0.15) is 5.01 Å². The number of nitrogens with zero attached hydrogens (tertiary/aromatic N) is 1. The predicted octanol–water partition coefficient (Wildman–Crippen LogP) is 2.46. The van der Waals surface area contributed by atoms with Crippen molar-refractivity contribution in [2.24, 2.45) is 5.73 Å². The third-order valence-electron chi connectivity index (χ3n) is 1.68. The lowest BCUT2D eigenvalue weighted by atomic mass is 9.93. The van der Waals surface area contributed by atoms with Crippen LogP contribution in [0.3, 0.4) is 0 Å². The minimum Gasteiger partial charge on any atom is -0.322 e. The summed E-state index contributed by atoms with van der Waals surface area (Å²) in [6.45, 7) is 8.44. The van der Waals surface area contributed by atoms with Crippen molar-refractivity contribution in [1.82, 2.24) is 4.98 Å². The number of hydrogen-bond acceptors (Lipinski definition) is 3. The highest BCUT2D eigenvalue weighted by Crippen LogP contribution is 2.25. The second-order valence-electron chi connectivity index (χ2n) is 4.11. The van der Waals surface area contributed by atoms with Gasteiger partial charge in [-0.05, 0) is 6.92 Å². The topological polar surface area (TPSA) is 38.9 Å². The van der Waals surface area contributed by atoms with Gasteiger partial charge in [-0.3, -0.25) is 0 Å². The van der Waals surface area contributed by atoms with Gasteiger partial charge >= 0.3 is 0 Å². The number of hydrogen-bond donors (Lipinski definition) is 1. The molecule has 0 spiro atoms. The molecule has 0 aliphatic heterocycles. The van der Waals surface area contributed by atoms with Crippen LogP contribution in [0.4, 0.5) is 0 Å². The Hall–Kier alpha value is -0.410. The summed E-state index contributed by atoms with van der Waals surface area (Å²) in [6.07, 6.45) is 0. The molecule has 0 aromatic carbocycles. The molecule has 0 radical (unpaired) electrons. The molecule has 2 N–H and O–H groups in total. The molecule has 1 aromatic rings. The van der Waals surface area contributed by atoms with Gasteiger partial charge in [-0.25, -0.2) is 4.98 Å². The van der Waals surface area contributed by atoms with Crippen molar-refractivity contribution in [3.8, 4) is 0 Å².